The number of hydrogen-bond donors (Lipinski definition) is 2. The Bertz CT molecular complexity index is 1540. The Morgan fingerprint density at radius 3 is 2.57 bits per heavy atom. The number of carbonyl (C=O) groups is 2. The number of nitrogens with zero attached hydrogens (tertiary/aromatic N) is 3. The SMILES string of the molecule is COc1ccc(F)cc1Nc1nc2ccc(CC(=O)N3[C@H](COC4CCC(C(=O)O)CC4)CC[C@H]3CN3CCSCC3)c(F)c2o1. The van der Waals surface area contributed by atoms with Crippen LogP contribution in [0.4, 0.5) is 20.5 Å². The summed E-state index contributed by atoms with van der Waals surface area (Å²) < 4.78 is 46.9. The van der Waals surface area contributed by atoms with Crippen molar-refractivity contribution in [2.24, 2.45) is 5.92 Å². The number of hydrogen-bond acceptors (Lipinski definition) is 9. The summed E-state index contributed by atoms with van der Waals surface area (Å²) in [5, 5.41) is 12.2. The Kier molecular flexibility index (Phi) is 10.3. The Balaban J connectivity index is 1.16. The number of aliphatic carboxylic acids is 1. The first-order chi connectivity index (χ1) is 22.3. The van der Waals surface area contributed by atoms with Crippen LogP contribution in [-0.4, -0.2) is 94.8 Å². The molecule has 46 heavy (non-hydrogen) atoms. The van der Waals surface area contributed by atoms with Gasteiger partial charge < -0.3 is 29.2 Å². The number of carboxylic acid groups (broad SMARTS) is 1. The molecule has 2 aromatic carbocycles. The van der Waals surface area contributed by atoms with Gasteiger partial charge in [0.1, 0.15) is 17.1 Å². The maximum Gasteiger partial charge on any atom is 0.306 e. The summed E-state index contributed by atoms with van der Waals surface area (Å²) in [6.45, 7) is 3.11. The molecule has 3 aliphatic rings. The van der Waals surface area contributed by atoms with Crippen molar-refractivity contribution in [1.29, 1.82) is 0 Å². The molecule has 1 aromatic heterocycles. The molecule has 3 fully saturated rings. The van der Waals surface area contributed by atoms with Crippen LogP contribution in [0, 0.1) is 17.6 Å². The number of amides is 1. The van der Waals surface area contributed by atoms with Gasteiger partial charge in [-0.25, -0.2) is 8.78 Å². The number of benzene rings is 2. The molecule has 0 bridgehead atoms. The molecule has 0 unspecified atom stereocenters. The molecule has 13 heteroatoms. The fraction of sp³-hybridized carbons (Fsp3) is 0.545. The van der Waals surface area contributed by atoms with E-state index in [2.05, 4.69) is 15.2 Å². The Hall–Kier alpha value is -3.42. The minimum absolute atomic E-state index is 0.000990. The van der Waals surface area contributed by atoms with E-state index >= 15 is 4.39 Å². The number of anilines is 2. The van der Waals surface area contributed by atoms with E-state index in [9.17, 15) is 19.1 Å². The van der Waals surface area contributed by atoms with Crippen molar-refractivity contribution in [3.63, 3.8) is 0 Å². The Morgan fingerprint density at radius 2 is 1.83 bits per heavy atom. The lowest BCUT2D eigenvalue weighted by Crippen LogP contribution is -2.50. The standard InChI is InChI=1S/C33H40F2N4O6S/c1-43-28-11-5-22(34)17-27(28)37-33-36-26-10-4-21(30(35)31(26)45-33)16-29(40)39-23(18-38-12-14-46-15-13-38)6-7-24(39)19-44-25-8-2-20(3-9-25)32(41)42/h4-5,10-11,17,20,23-25H,2-3,6-9,12-16,18-19H2,1H3,(H,36,37)(H,41,42)/t20?,23-,24-,25?/m0/s1. The van der Waals surface area contributed by atoms with Gasteiger partial charge in [-0.05, 0) is 56.7 Å². The Morgan fingerprint density at radius 1 is 1.07 bits per heavy atom. The number of nitrogens with one attached hydrogen (secondary N) is 1. The zero-order valence-electron chi connectivity index (χ0n) is 25.9. The van der Waals surface area contributed by atoms with E-state index in [-0.39, 0.29) is 64.8 Å². The van der Waals surface area contributed by atoms with Crippen LogP contribution in [0.1, 0.15) is 44.1 Å². The first-order valence-corrected chi connectivity index (χ1v) is 17.1. The molecule has 248 valence electrons. The van der Waals surface area contributed by atoms with Crippen LogP contribution in [0.3, 0.4) is 0 Å². The molecule has 1 saturated carbocycles. The number of likely N-dealkylation sites (tertiary alicyclic amines) is 1. The number of ether oxygens (including phenoxy) is 2. The smallest absolute Gasteiger partial charge is 0.306 e. The third-order valence-electron chi connectivity index (χ3n) is 9.35. The van der Waals surface area contributed by atoms with E-state index in [1.54, 1.807) is 12.1 Å². The molecule has 6 rings (SSSR count). The summed E-state index contributed by atoms with van der Waals surface area (Å²) in [6.07, 6.45) is 4.05. The van der Waals surface area contributed by atoms with Gasteiger partial charge in [0.2, 0.25) is 5.91 Å². The molecule has 2 atom stereocenters. The van der Waals surface area contributed by atoms with Crippen molar-refractivity contribution in [3.05, 3.63) is 47.5 Å². The molecule has 2 saturated heterocycles. The number of rotatable bonds is 11. The summed E-state index contributed by atoms with van der Waals surface area (Å²) >= 11 is 1.94. The van der Waals surface area contributed by atoms with Crippen molar-refractivity contribution in [1.82, 2.24) is 14.8 Å². The predicted molar refractivity (Wildman–Crippen MR) is 171 cm³/mol. The van der Waals surface area contributed by atoms with Gasteiger partial charge in [0, 0.05) is 48.8 Å². The average Bonchev–Trinajstić information content (AvgIpc) is 3.66. The number of fused-ring (bicyclic) bond motifs is 1. The summed E-state index contributed by atoms with van der Waals surface area (Å²) in [6, 6.07) is 6.95. The van der Waals surface area contributed by atoms with Crippen molar-refractivity contribution < 1.29 is 37.4 Å². The van der Waals surface area contributed by atoms with Crippen LogP contribution in [0.15, 0.2) is 34.7 Å². The van der Waals surface area contributed by atoms with Crippen molar-refractivity contribution in [2.75, 3.05) is 50.2 Å². The number of oxazole rings is 1. The number of halogens is 2. The van der Waals surface area contributed by atoms with Gasteiger partial charge in [-0.1, -0.05) is 6.07 Å². The van der Waals surface area contributed by atoms with Gasteiger partial charge in [0.05, 0.1) is 43.9 Å². The molecule has 2 aliphatic heterocycles. The summed E-state index contributed by atoms with van der Waals surface area (Å²) in [4.78, 5) is 34.0. The summed E-state index contributed by atoms with van der Waals surface area (Å²) in [7, 11) is 1.45. The highest BCUT2D eigenvalue weighted by Crippen LogP contribution is 2.33. The number of carbonyl (C=O) groups excluding carboxylic acids is 1. The Labute approximate surface area is 270 Å². The topological polar surface area (TPSA) is 117 Å². The fourth-order valence-electron chi connectivity index (χ4n) is 6.85. The van der Waals surface area contributed by atoms with E-state index in [0.717, 1.165) is 44.0 Å². The molecule has 1 amide bonds. The number of methoxy groups -OCH3 is 1. The van der Waals surface area contributed by atoms with E-state index in [4.69, 9.17) is 13.9 Å². The van der Waals surface area contributed by atoms with Gasteiger partial charge in [-0.3, -0.25) is 14.5 Å². The first kappa shape index (κ1) is 32.5. The number of aromatic nitrogens is 1. The highest BCUT2D eigenvalue weighted by atomic mass is 32.2. The molecule has 10 nitrogen and oxygen atoms in total. The molecular formula is C33H40F2N4O6S. The second-order valence-corrected chi connectivity index (χ2v) is 13.5. The second-order valence-electron chi connectivity index (χ2n) is 12.3. The second kappa shape index (κ2) is 14.6. The maximum absolute atomic E-state index is 15.8. The molecular weight excluding hydrogens is 618 g/mol. The fourth-order valence-corrected chi connectivity index (χ4v) is 7.83. The molecule has 2 N–H and O–H groups in total. The van der Waals surface area contributed by atoms with E-state index in [1.807, 2.05) is 16.7 Å². The van der Waals surface area contributed by atoms with Crippen molar-refractivity contribution in [2.45, 2.75) is 63.1 Å². The van der Waals surface area contributed by atoms with E-state index in [1.165, 1.54) is 25.3 Å². The molecule has 3 aromatic rings. The lowest BCUT2D eigenvalue weighted by atomic mass is 9.87. The highest BCUT2D eigenvalue weighted by Gasteiger charge is 2.39. The van der Waals surface area contributed by atoms with Crippen molar-refractivity contribution in [3.8, 4) is 5.75 Å². The van der Waals surface area contributed by atoms with Gasteiger partial charge in [-0.15, -0.1) is 0 Å². The van der Waals surface area contributed by atoms with E-state index < -0.39 is 17.6 Å². The largest absolute Gasteiger partial charge is 0.495 e. The molecule has 1 aliphatic carbocycles. The summed E-state index contributed by atoms with van der Waals surface area (Å²) in [5.41, 5.74) is 0.650. The quantitative estimate of drug-likeness (QED) is 0.275. The molecule has 0 radical (unpaired) electrons. The lowest BCUT2D eigenvalue weighted by Gasteiger charge is -2.36. The van der Waals surface area contributed by atoms with Gasteiger partial charge >= 0.3 is 5.97 Å². The monoisotopic (exact) mass is 658 g/mol. The zero-order chi connectivity index (χ0) is 32.2. The summed E-state index contributed by atoms with van der Waals surface area (Å²) in [5.74, 6) is 0.117. The first-order valence-electron chi connectivity index (χ1n) is 15.9. The average molecular weight is 659 g/mol. The van der Waals surface area contributed by atoms with Crippen LogP contribution >= 0.6 is 11.8 Å². The van der Waals surface area contributed by atoms with Crippen LogP contribution in [-0.2, 0) is 20.7 Å². The maximum atomic E-state index is 15.8. The zero-order valence-corrected chi connectivity index (χ0v) is 26.7. The lowest BCUT2D eigenvalue weighted by molar-refractivity contribution is -0.144. The third kappa shape index (κ3) is 7.42. The predicted octanol–water partition coefficient (Wildman–Crippen LogP) is 5.47. The minimum Gasteiger partial charge on any atom is -0.495 e. The molecule has 0 spiro atoms. The van der Waals surface area contributed by atoms with Gasteiger partial charge in [0.25, 0.3) is 6.01 Å². The van der Waals surface area contributed by atoms with E-state index in [0.29, 0.717) is 38.0 Å². The van der Waals surface area contributed by atoms with Crippen LogP contribution in [0.25, 0.3) is 11.1 Å². The van der Waals surface area contributed by atoms with Crippen LogP contribution in [0.5, 0.6) is 5.75 Å². The third-order valence-corrected chi connectivity index (χ3v) is 10.3. The van der Waals surface area contributed by atoms with Crippen LogP contribution in [0.2, 0.25) is 0 Å². The number of carboxylic acids is 1. The van der Waals surface area contributed by atoms with Crippen molar-refractivity contribution >= 4 is 46.4 Å². The minimum atomic E-state index is -0.750. The normalized spacial score (nSPS) is 23.9. The van der Waals surface area contributed by atoms with Crippen LogP contribution < -0.4 is 10.1 Å². The van der Waals surface area contributed by atoms with Gasteiger partial charge in [0.15, 0.2) is 11.4 Å². The van der Waals surface area contributed by atoms with Gasteiger partial charge in [-0.2, -0.15) is 16.7 Å². The number of thioether (sulfide) groups is 1. The molecule has 3 heterocycles. The highest BCUT2D eigenvalue weighted by molar-refractivity contribution is 7.99.